The number of nitrogens with zero attached hydrogens (tertiary/aromatic N) is 1. The summed E-state index contributed by atoms with van der Waals surface area (Å²) < 4.78 is 0. The summed E-state index contributed by atoms with van der Waals surface area (Å²) in [7, 11) is 0. The molecular weight excluding hydrogens is 128 g/mol. The van der Waals surface area contributed by atoms with E-state index in [1.54, 1.807) is 6.21 Å². The van der Waals surface area contributed by atoms with Gasteiger partial charge in [0.25, 0.3) is 0 Å². The standard InChI is InChI=1S/C7H14N2O/c1-7(2)9-8-5-3-4-6-10/h5-7,9H,3-4H2,1-2H3/b8-5+. The van der Waals surface area contributed by atoms with Gasteiger partial charge in [-0.3, -0.25) is 0 Å². The van der Waals surface area contributed by atoms with E-state index in [2.05, 4.69) is 10.5 Å². The van der Waals surface area contributed by atoms with Crippen LogP contribution < -0.4 is 5.43 Å². The SMILES string of the molecule is CC(C)N/N=C/CCC=O. The zero-order chi connectivity index (χ0) is 7.82. The zero-order valence-corrected chi connectivity index (χ0v) is 6.50. The zero-order valence-electron chi connectivity index (χ0n) is 6.50. The number of hydrazone groups is 1. The lowest BCUT2D eigenvalue weighted by Crippen LogP contribution is -2.15. The summed E-state index contributed by atoms with van der Waals surface area (Å²) in [5.41, 5.74) is 2.86. The highest BCUT2D eigenvalue weighted by atomic mass is 16.1. The Hall–Kier alpha value is -0.860. The Kier molecular flexibility index (Phi) is 5.72. The van der Waals surface area contributed by atoms with Crippen LogP contribution in [0.1, 0.15) is 26.7 Å². The van der Waals surface area contributed by atoms with Crippen molar-refractivity contribution < 1.29 is 4.79 Å². The van der Waals surface area contributed by atoms with Gasteiger partial charge in [-0.15, -0.1) is 0 Å². The van der Waals surface area contributed by atoms with Crippen LogP contribution in [0, 0.1) is 0 Å². The van der Waals surface area contributed by atoms with E-state index < -0.39 is 0 Å². The number of unbranched alkanes of at least 4 members (excludes halogenated alkanes) is 1. The molecule has 3 heteroatoms. The van der Waals surface area contributed by atoms with Crippen LogP contribution in [0.25, 0.3) is 0 Å². The predicted octanol–water partition coefficient (Wildman–Crippen LogP) is 0.949. The van der Waals surface area contributed by atoms with Crippen LogP contribution >= 0.6 is 0 Å². The molecule has 0 heterocycles. The molecule has 0 saturated carbocycles. The summed E-state index contributed by atoms with van der Waals surface area (Å²) in [5, 5.41) is 3.87. The number of carbonyl (C=O) groups is 1. The maximum Gasteiger partial charge on any atom is 0.120 e. The summed E-state index contributed by atoms with van der Waals surface area (Å²) in [4.78, 5) is 9.82. The second-order valence-electron chi connectivity index (χ2n) is 2.34. The second kappa shape index (κ2) is 6.26. The first-order valence-electron chi connectivity index (χ1n) is 3.48. The van der Waals surface area contributed by atoms with Crippen molar-refractivity contribution in [2.24, 2.45) is 5.10 Å². The Morgan fingerprint density at radius 2 is 2.20 bits per heavy atom. The molecule has 0 aromatic heterocycles. The molecular formula is C7H14N2O. The molecule has 0 aliphatic rings. The molecule has 58 valence electrons. The third-order valence-electron chi connectivity index (χ3n) is 0.838. The van der Waals surface area contributed by atoms with Crippen molar-refractivity contribution in [1.29, 1.82) is 0 Å². The molecule has 10 heavy (non-hydrogen) atoms. The van der Waals surface area contributed by atoms with Crippen LogP contribution in [0.3, 0.4) is 0 Å². The molecule has 0 aliphatic carbocycles. The van der Waals surface area contributed by atoms with Gasteiger partial charge in [-0.25, -0.2) is 0 Å². The molecule has 0 bridgehead atoms. The summed E-state index contributed by atoms with van der Waals surface area (Å²) in [6.07, 6.45) is 3.89. The van der Waals surface area contributed by atoms with E-state index in [0.29, 0.717) is 12.5 Å². The fourth-order valence-electron chi connectivity index (χ4n) is 0.409. The molecule has 0 rings (SSSR count). The third kappa shape index (κ3) is 7.14. The number of rotatable bonds is 5. The van der Waals surface area contributed by atoms with Crippen molar-refractivity contribution in [1.82, 2.24) is 5.43 Å². The number of hydrogen-bond donors (Lipinski definition) is 1. The smallest absolute Gasteiger partial charge is 0.120 e. The molecule has 0 saturated heterocycles. The maximum atomic E-state index is 9.82. The monoisotopic (exact) mass is 142 g/mol. The largest absolute Gasteiger partial charge is 0.308 e. The topological polar surface area (TPSA) is 41.5 Å². The van der Waals surface area contributed by atoms with Gasteiger partial charge in [-0.05, 0) is 20.3 Å². The number of hydrogen-bond acceptors (Lipinski definition) is 3. The Bertz CT molecular complexity index is 110. The van der Waals surface area contributed by atoms with E-state index in [-0.39, 0.29) is 0 Å². The van der Waals surface area contributed by atoms with Crippen molar-refractivity contribution in [3.8, 4) is 0 Å². The fourth-order valence-corrected chi connectivity index (χ4v) is 0.409. The molecule has 0 radical (unpaired) electrons. The van der Waals surface area contributed by atoms with Gasteiger partial charge in [0.1, 0.15) is 6.29 Å². The lowest BCUT2D eigenvalue weighted by atomic mass is 10.4. The molecule has 0 aliphatic heterocycles. The average Bonchev–Trinajstić information content (AvgIpc) is 1.87. The summed E-state index contributed by atoms with van der Waals surface area (Å²) in [6, 6.07) is 0.368. The minimum absolute atomic E-state index is 0.368. The van der Waals surface area contributed by atoms with Crippen LogP contribution in [-0.2, 0) is 4.79 Å². The van der Waals surface area contributed by atoms with Gasteiger partial charge in [0.2, 0.25) is 0 Å². The second-order valence-corrected chi connectivity index (χ2v) is 2.34. The first-order chi connectivity index (χ1) is 4.77. The molecule has 0 atom stereocenters. The van der Waals surface area contributed by atoms with E-state index in [4.69, 9.17) is 0 Å². The lowest BCUT2D eigenvalue weighted by molar-refractivity contribution is -0.107. The van der Waals surface area contributed by atoms with E-state index in [1.807, 2.05) is 13.8 Å². The van der Waals surface area contributed by atoms with Crippen LogP contribution in [0.2, 0.25) is 0 Å². The van der Waals surface area contributed by atoms with Gasteiger partial charge in [-0.2, -0.15) is 5.10 Å². The quantitative estimate of drug-likeness (QED) is 0.269. The molecule has 3 nitrogen and oxygen atoms in total. The van der Waals surface area contributed by atoms with Gasteiger partial charge in [0, 0.05) is 18.7 Å². The van der Waals surface area contributed by atoms with Crippen molar-refractivity contribution in [3.05, 3.63) is 0 Å². The van der Waals surface area contributed by atoms with Gasteiger partial charge in [0.05, 0.1) is 0 Å². The van der Waals surface area contributed by atoms with Crippen molar-refractivity contribution in [2.75, 3.05) is 0 Å². The van der Waals surface area contributed by atoms with Gasteiger partial charge >= 0.3 is 0 Å². The minimum Gasteiger partial charge on any atom is -0.308 e. The maximum absolute atomic E-state index is 9.82. The average molecular weight is 142 g/mol. The summed E-state index contributed by atoms with van der Waals surface area (Å²) >= 11 is 0. The van der Waals surface area contributed by atoms with Crippen LogP contribution in [0.5, 0.6) is 0 Å². The highest BCUT2D eigenvalue weighted by Crippen LogP contribution is 1.79. The van der Waals surface area contributed by atoms with Crippen molar-refractivity contribution in [2.45, 2.75) is 32.7 Å². The number of nitrogens with one attached hydrogen (secondary N) is 1. The Labute approximate surface area is 61.5 Å². The Balaban J connectivity index is 3.11. The highest BCUT2D eigenvalue weighted by Gasteiger charge is 1.83. The predicted molar refractivity (Wildman–Crippen MR) is 42.1 cm³/mol. The van der Waals surface area contributed by atoms with E-state index in [0.717, 1.165) is 12.7 Å². The minimum atomic E-state index is 0.368. The molecule has 0 fully saturated rings. The molecule has 0 aromatic carbocycles. The number of aldehydes is 1. The molecule has 0 spiro atoms. The Morgan fingerprint density at radius 1 is 1.50 bits per heavy atom. The van der Waals surface area contributed by atoms with Gasteiger partial charge in [0.15, 0.2) is 0 Å². The molecule has 0 unspecified atom stereocenters. The van der Waals surface area contributed by atoms with Crippen LogP contribution in [0.4, 0.5) is 0 Å². The van der Waals surface area contributed by atoms with Crippen LogP contribution in [0.15, 0.2) is 5.10 Å². The molecule has 1 N–H and O–H groups in total. The normalized spacial score (nSPS) is 10.7. The van der Waals surface area contributed by atoms with Gasteiger partial charge < -0.3 is 10.2 Å². The van der Waals surface area contributed by atoms with Crippen LogP contribution in [-0.4, -0.2) is 18.5 Å². The van der Waals surface area contributed by atoms with Crippen molar-refractivity contribution in [3.63, 3.8) is 0 Å². The first kappa shape index (κ1) is 9.14. The third-order valence-corrected chi connectivity index (χ3v) is 0.838. The number of carbonyl (C=O) groups excluding carboxylic acids is 1. The molecule has 0 amide bonds. The van der Waals surface area contributed by atoms with Gasteiger partial charge in [-0.1, -0.05) is 0 Å². The van der Waals surface area contributed by atoms with Crippen molar-refractivity contribution >= 4 is 12.5 Å². The Morgan fingerprint density at radius 3 is 2.70 bits per heavy atom. The van der Waals surface area contributed by atoms with E-state index in [9.17, 15) is 4.79 Å². The summed E-state index contributed by atoms with van der Waals surface area (Å²) in [5.74, 6) is 0. The molecule has 0 aromatic rings. The van der Waals surface area contributed by atoms with E-state index in [1.165, 1.54) is 0 Å². The first-order valence-corrected chi connectivity index (χ1v) is 3.48. The van der Waals surface area contributed by atoms with E-state index >= 15 is 0 Å². The lowest BCUT2D eigenvalue weighted by Gasteiger charge is -2.00. The highest BCUT2D eigenvalue weighted by molar-refractivity contribution is 5.62. The fraction of sp³-hybridized carbons (Fsp3) is 0.714. The summed E-state index contributed by atoms with van der Waals surface area (Å²) in [6.45, 7) is 4.02.